The van der Waals surface area contributed by atoms with Crippen LogP contribution >= 0.6 is 0 Å². The zero-order chi connectivity index (χ0) is 3.58. The summed E-state index contributed by atoms with van der Waals surface area (Å²) in [5.74, 6) is 0. The van der Waals surface area contributed by atoms with E-state index in [9.17, 15) is 0 Å². The van der Waals surface area contributed by atoms with E-state index in [-0.39, 0.29) is 68.2 Å². The average molecular weight is 160 g/mol. The van der Waals surface area contributed by atoms with Crippen LogP contribution in [0.15, 0.2) is 0 Å². The topological polar surface area (TPSA) is 66.2 Å². The first kappa shape index (κ1) is 15.7. The molecular weight excluding hydrogens is 160 g/mol. The molecule has 0 fully saturated rings. The Labute approximate surface area is 87.0 Å². The Balaban J connectivity index is -0.0000000450. The molecule has 0 N–H and O–H groups in total. The minimum absolute atomic E-state index is 0. The first-order chi connectivity index (χ1) is 1.73. The molecule has 6 heteroatoms. The molecule has 6 heavy (non-hydrogen) atoms. The van der Waals surface area contributed by atoms with E-state index < -0.39 is 5.09 Å². The van der Waals surface area contributed by atoms with Crippen LogP contribution in [0.3, 0.4) is 0 Å². The van der Waals surface area contributed by atoms with Crippen molar-refractivity contribution in [1.29, 1.82) is 0 Å². The maximum Gasteiger partial charge on any atom is 1.00 e. The predicted octanol–water partition coefficient (Wildman–Crippen LogP) is -3.24. The molecule has 0 aromatic rings. The van der Waals surface area contributed by atoms with Gasteiger partial charge in [-0.1, -0.05) is 0 Å². The van der Waals surface area contributed by atoms with Crippen LogP contribution in [0.5, 0.6) is 0 Å². The van der Waals surface area contributed by atoms with E-state index in [0.717, 1.165) is 0 Å². The maximum absolute atomic E-state index is 8.25. The van der Waals surface area contributed by atoms with Crippen molar-refractivity contribution in [1.82, 2.24) is 0 Å². The largest absolute Gasteiger partial charge is 1.00 e. The molecule has 0 aliphatic rings. The van der Waals surface area contributed by atoms with E-state index in [0.29, 0.717) is 0 Å². The first-order valence-electron chi connectivity index (χ1n) is 0.548. The average Bonchev–Trinajstić information content (AvgIpc) is 0.811. The summed E-state index contributed by atoms with van der Waals surface area (Å²) in [7, 11) is 0. The number of rotatable bonds is 0. The van der Waals surface area contributed by atoms with Crippen molar-refractivity contribution in [2.75, 3.05) is 0 Å². The summed E-state index contributed by atoms with van der Waals surface area (Å²) in [6, 6.07) is 0. The van der Waals surface area contributed by atoms with Gasteiger partial charge in [-0.05, 0) is 0 Å². The smallest absolute Gasteiger partial charge is 0.356 e. The third kappa shape index (κ3) is 55.9. The van der Waals surface area contributed by atoms with Crippen LogP contribution in [-0.4, -0.2) is 5.09 Å². The predicted molar refractivity (Wildman–Crippen MR) is 10.4 cm³/mol. The normalized spacial score (nSPS) is 4.00. The molecule has 0 aromatic carbocycles. The Kier molecular flexibility index (Phi) is 25.1. The molecule has 0 amide bonds. The number of nitrogens with zero attached hydrogens (tertiary/aromatic N) is 1. The Morgan fingerprint density at radius 2 is 1.33 bits per heavy atom. The fourth-order valence-electron chi connectivity index (χ4n) is 0. The Bertz CT molecular complexity index is 33.8. The summed E-state index contributed by atoms with van der Waals surface area (Å²) in [5.41, 5.74) is 0. The minimum Gasteiger partial charge on any atom is -0.356 e. The molecule has 0 aliphatic carbocycles. The Morgan fingerprint density at radius 1 is 1.33 bits per heavy atom. The molecule has 0 atom stereocenters. The second-order valence-corrected chi connectivity index (χ2v) is 0.224. The summed E-state index contributed by atoms with van der Waals surface area (Å²) in [6.45, 7) is 0. The van der Waals surface area contributed by atoms with Gasteiger partial charge in [0.05, 0.1) is 5.09 Å². The van der Waals surface area contributed by atoms with E-state index in [1.165, 1.54) is 0 Å². The van der Waals surface area contributed by atoms with Crippen molar-refractivity contribution >= 4 is 0 Å². The summed E-state index contributed by atoms with van der Waals surface area (Å²) in [6.07, 6.45) is 0. The first-order valence-corrected chi connectivity index (χ1v) is 0.548. The van der Waals surface area contributed by atoms with Gasteiger partial charge in [-0.15, -0.1) is 0 Å². The zero-order valence-electron chi connectivity index (χ0n) is 3.01. The number of hydrogen-bond donors (Lipinski definition) is 0. The molecule has 1 radical (unpaired) electrons. The molecule has 0 aliphatic heterocycles. The van der Waals surface area contributed by atoms with E-state index in [1.807, 2.05) is 0 Å². The van der Waals surface area contributed by atoms with Gasteiger partial charge < -0.3 is 15.3 Å². The van der Waals surface area contributed by atoms with E-state index >= 15 is 0 Å². The molecule has 0 aromatic heterocycles. The monoisotopic (exact) mass is 160 g/mol. The molecule has 0 unspecified atom stereocenters. The van der Waals surface area contributed by atoms with Gasteiger partial charge in [-0.2, -0.15) is 0 Å². The van der Waals surface area contributed by atoms with Gasteiger partial charge in [0, 0.05) is 16.8 Å². The SMILES string of the molecule is O=[N+]([O-])[O-].[Co].[K+]. The fraction of sp³-hybridized carbons (Fsp3) is 0. The van der Waals surface area contributed by atoms with E-state index in [2.05, 4.69) is 0 Å². The minimum atomic E-state index is -1.75. The standard InChI is InChI=1S/Co.K.NO3/c;;2-1(3)4/q;+1;-1. The molecule has 0 saturated heterocycles. The van der Waals surface area contributed by atoms with Crippen LogP contribution in [0.25, 0.3) is 0 Å². The number of hydrogen-bond acceptors (Lipinski definition) is 3. The van der Waals surface area contributed by atoms with Gasteiger partial charge in [0.1, 0.15) is 0 Å². The molecule has 4 nitrogen and oxygen atoms in total. The molecule has 0 bridgehead atoms. The van der Waals surface area contributed by atoms with Crippen molar-refractivity contribution in [3.8, 4) is 0 Å². The van der Waals surface area contributed by atoms with Gasteiger partial charge in [0.15, 0.2) is 0 Å². The molecule has 0 saturated carbocycles. The van der Waals surface area contributed by atoms with Gasteiger partial charge in [0.2, 0.25) is 0 Å². The van der Waals surface area contributed by atoms with E-state index in [1.54, 1.807) is 0 Å². The van der Waals surface area contributed by atoms with Crippen molar-refractivity contribution in [2.24, 2.45) is 0 Å². The van der Waals surface area contributed by atoms with Crippen LogP contribution in [0.4, 0.5) is 0 Å². The van der Waals surface area contributed by atoms with Crippen molar-refractivity contribution < 1.29 is 73.2 Å². The molecule has 33 valence electrons. The van der Waals surface area contributed by atoms with Crippen LogP contribution in [-0.2, 0) is 16.8 Å². The Hall–Kier alpha value is 1.34. The van der Waals surface area contributed by atoms with Crippen molar-refractivity contribution in [3.63, 3.8) is 0 Å². The van der Waals surface area contributed by atoms with Crippen LogP contribution < -0.4 is 51.4 Å². The summed E-state index contributed by atoms with van der Waals surface area (Å²) in [4.78, 5) is 8.25. The quantitative estimate of drug-likeness (QED) is 0.212. The summed E-state index contributed by atoms with van der Waals surface area (Å²) < 4.78 is 0. The summed E-state index contributed by atoms with van der Waals surface area (Å²) >= 11 is 0. The second-order valence-electron chi connectivity index (χ2n) is 0.224. The molecular formula is CoKNO3. The van der Waals surface area contributed by atoms with Crippen LogP contribution in [0.2, 0.25) is 0 Å². The summed E-state index contributed by atoms with van der Waals surface area (Å²) in [5, 5.41) is 14.8. The molecule has 0 rings (SSSR count). The second kappa shape index (κ2) is 9.60. The third-order valence-electron chi connectivity index (χ3n) is 0. The fourth-order valence-corrected chi connectivity index (χ4v) is 0. The van der Waals surface area contributed by atoms with Crippen molar-refractivity contribution in [3.05, 3.63) is 15.3 Å². The third-order valence-corrected chi connectivity index (χ3v) is 0. The van der Waals surface area contributed by atoms with Gasteiger partial charge >= 0.3 is 51.4 Å². The van der Waals surface area contributed by atoms with Crippen LogP contribution in [0, 0.1) is 15.3 Å². The van der Waals surface area contributed by atoms with Gasteiger partial charge in [-0.25, -0.2) is 0 Å². The van der Waals surface area contributed by atoms with Gasteiger partial charge in [-0.3, -0.25) is 0 Å². The van der Waals surface area contributed by atoms with E-state index in [4.69, 9.17) is 15.3 Å². The van der Waals surface area contributed by atoms with Crippen LogP contribution in [0.1, 0.15) is 0 Å². The molecule has 0 heterocycles. The van der Waals surface area contributed by atoms with Gasteiger partial charge in [0.25, 0.3) is 0 Å². The zero-order valence-corrected chi connectivity index (χ0v) is 7.17. The Morgan fingerprint density at radius 3 is 1.33 bits per heavy atom. The maximum atomic E-state index is 8.25. The molecule has 0 spiro atoms. The van der Waals surface area contributed by atoms with Crippen molar-refractivity contribution in [2.45, 2.75) is 0 Å².